The third kappa shape index (κ3) is 15.0. The lowest BCUT2D eigenvalue weighted by Crippen LogP contribution is -2.44. The number of rotatable bonds is 14. The SMILES string of the molecule is COC(=O)[C@H](CCCN/C(=N\C(=O)OCOC(=O)Cc1ccccc1)NC(=O)OCOC(=O)Cc1ccccc1)NC(C)=O. The highest BCUT2D eigenvalue weighted by atomic mass is 16.7. The Hall–Kier alpha value is -5.47. The van der Waals surface area contributed by atoms with E-state index in [1.807, 2.05) is 0 Å². The maximum Gasteiger partial charge on any atom is 0.439 e. The van der Waals surface area contributed by atoms with Crippen molar-refractivity contribution in [1.29, 1.82) is 0 Å². The van der Waals surface area contributed by atoms with Crippen LogP contribution in [0.1, 0.15) is 30.9 Å². The quantitative estimate of drug-likeness (QED) is 0.0697. The van der Waals surface area contributed by atoms with E-state index in [4.69, 9.17) is 18.9 Å². The van der Waals surface area contributed by atoms with Gasteiger partial charge in [0.25, 0.3) is 0 Å². The second kappa shape index (κ2) is 19.6. The lowest BCUT2D eigenvalue weighted by Gasteiger charge is -2.16. The van der Waals surface area contributed by atoms with Crippen LogP contribution in [0, 0.1) is 0 Å². The predicted molar refractivity (Wildman–Crippen MR) is 153 cm³/mol. The minimum Gasteiger partial charge on any atom is -0.467 e. The van der Waals surface area contributed by atoms with Crippen LogP contribution in [0.5, 0.6) is 0 Å². The van der Waals surface area contributed by atoms with Crippen molar-refractivity contribution in [2.24, 2.45) is 4.99 Å². The number of amides is 3. The fraction of sp³-hybridized carbons (Fsp3) is 0.345. The zero-order valence-corrected chi connectivity index (χ0v) is 24.2. The van der Waals surface area contributed by atoms with Crippen LogP contribution in [0.3, 0.4) is 0 Å². The maximum atomic E-state index is 12.3. The molecule has 0 aliphatic rings. The highest BCUT2D eigenvalue weighted by molar-refractivity contribution is 5.98. The van der Waals surface area contributed by atoms with Gasteiger partial charge in [-0.2, -0.15) is 0 Å². The minimum absolute atomic E-state index is 0.0348. The first-order chi connectivity index (χ1) is 21.2. The number of carbonyl (C=O) groups is 6. The van der Waals surface area contributed by atoms with Crippen LogP contribution >= 0.6 is 0 Å². The summed E-state index contributed by atoms with van der Waals surface area (Å²) in [6.07, 6.45) is -2.03. The largest absolute Gasteiger partial charge is 0.467 e. The highest BCUT2D eigenvalue weighted by Gasteiger charge is 2.20. The Morgan fingerprint density at radius 1 is 0.773 bits per heavy atom. The number of methoxy groups -OCH3 is 1. The topological polar surface area (TPSA) is 197 Å². The highest BCUT2D eigenvalue weighted by Crippen LogP contribution is 2.03. The Morgan fingerprint density at radius 3 is 1.84 bits per heavy atom. The number of aliphatic imine (C=N–C) groups is 1. The van der Waals surface area contributed by atoms with Gasteiger partial charge in [-0.1, -0.05) is 60.7 Å². The van der Waals surface area contributed by atoms with Crippen molar-refractivity contribution in [3.63, 3.8) is 0 Å². The van der Waals surface area contributed by atoms with Gasteiger partial charge < -0.3 is 34.3 Å². The third-order valence-corrected chi connectivity index (χ3v) is 5.44. The van der Waals surface area contributed by atoms with Crippen LogP contribution in [-0.4, -0.2) is 75.2 Å². The predicted octanol–water partition coefficient (Wildman–Crippen LogP) is 1.74. The summed E-state index contributed by atoms with van der Waals surface area (Å²) in [6.45, 7) is -0.152. The normalized spacial score (nSPS) is 11.3. The van der Waals surface area contributed by atoms with Crippen molar-refractivity contribution < 1.29 is 52.5 Å². The molecule has 0 bridgehead atoms. The van der Waals surface area contributed by atoms with Crippen LogP contribution in [0.4, 0.5) is 9.59 Å². The minimum atomic E-state index is -1.22. The number of guanidine groups is 1. The monoisotopic (exact) mass is 614 g/mol. The number of benzene rings is 2. The number of alkyl carbamates (subject to hydrolysis) is 1. The molecule has 0 aromatic heterocycles. The fourth-order valence-corrected chi connectivity index (χ4v) is 3.44. The van der Waals surface area contributed by atoms with Gasteiger partial charge in [-0.15, -0.1) is 4.99 Å². The second-order valence-corrected chi connectivity index (χ2v) is 8.87. The van der Waals surface area contributed by atoms with Gasteiger partial charge in [-0.25, -0.2) is 14.4 Å². The van der Waals surface area contributed by atoms with Crippen LogP contribution in [-0.2, 0) is 55.7 Å². The molecule has 0 heterocycles. The molecule has 3 amide bonds. The molecule has 2 rings (SSSR count). The Morgan fingerprint density at radius 2 is 1.32 bits per heavy atom. The summed E-state index contributed by atoms with van der Waals surface area (Å²) in [7, 11) is 1.18. The average Bonchev–Trinajstić information content (AvgIpc) is 2.99. The van der Waals surface area contributed by atoms with Gasteiger partial charge >= 0.3 is 30.1 Å². The molecule has 2 aromatic rings. The van der Waals surface area contributed by atoms with Crippen molar-refractivity contribution in [2.75, 3.05) is 27.2 Å². The van der Waals surface area contributed by atoms with Crippen molar-refractivity contribution in [3.05, 3.63) is 71.8 Å². The van der Waals surface area contributed by atoms with Crippen molar-refractivity contribution in [3.8, 4) is 0 Å². The summed E-state index contributed by atoms with van der Waals surface area (Å²) in [5, 5.41) is 7.30. The molecule has 1 atom stereocenters. The number of nitrogens with one attached hydrogen (secondary N) is 3. The standard InChI is InChI=1S/C29H34N4O11/c1-20(34)31-23(26(37)40-2)14-9-15-30-27(32-28(38)43-18-41-24(35)16-21-10-5-3-6-11-21)33-29(39)44-19-42-25(36)17-22-12-7-4-8-13-22/h3-8,10-13,23H,9,14-19H2,1-2H3,(H,31,34)(H2,30,32,33,38,39)/t23-/m0/s1. The van der Waals surface area contributed by atoms with Crippen molar-refractivity contribution >= 4 is 42.0 Å². The number of carbonyl (C=O) groups excluding carboxylic acids is 6. The first kappa shape index (κ1) is 34.7. The van der Waals surface area contributed by atoms with Gasteiger partial charge in [0.2, 0.25) is 25.5 Å². The summed E-state index contributed by atoms with van der Waals surface area (Å²) in [4.78, 5) is 75.2. The molecule has 0 saturated heterocycles. The molecule has 0 unspecified atom stereocenters. The first-order valence-corrected chi connectivity index (χ1v) is 13.3. The summed E-state index contributed by atoms with van der Waals surface area (Å²) in [5.74, 6) is -2.78. The molecule has 15 nitrogen and oxygen atoms in total. The van der Waals surface area contributed by atoms with Crippen molar-refractivity contribution in [1.82, 2.24) is 16.0 Å². The molecule has 2 aromatic carbocycles. The van der Waals surface area contributed by atoms with Gasteiger partial charge in [0.15, 0.2) is 0 Å². The number of hydrogen-bond donors (Lipinski definition) is 3. The average molecular weight is 615 g/mol. The molecule has 0 aliphatic carbocycles. The maximum absolute atomic E-state index is 12.3. The van der Waals surface area contributed by atoms with E-state index >= 15 is 0 Å². The Bertz CT molecular complexity index is 1290. The van der Waals surface area contributed by atoms with Gasteiger partial charge in [-0.3, -0.25) is 19.7 Å². The van der Waals surface area contributed by atoms with Gasteiger partial charge in [-0.05, 0) is 24.0 Å². The molecule has 0 aliphatic heterocycles. The van der Waals surface area contributed by atoms with E-state index in [2.05, 4.69) is 25.7 Å². The third-order valence-electron chi connectivity index (χ3n) is 5.44. The molecule has 0 fully saturated rings. The smallest absolute Gasteiger partial charge is 0.439 e. The Balaban J connectivity index is 1.89. The van der Waals surface area contributed by atoms with Crippen molar-refractivity contribution in [2.45, 2.75) is 38.6 Å². The lowest BCUT2D eigenvalue weighted by atomic mass is 10.1. The van der Waals surface area contributed by atoms with E-state index in [1.54, 1.807) is 60.7 Å². The molecular weight excluding hydrogens is 580 g/mol. The van der Waals surface area contributed by atoms with Crippen LogP contribution in [0.25, 0.3) is 0 Å². The van der Waals surface area contributed by atoms with Crippen LogP contribution in [0.2, 0.25) is 0 Å². The summed E-state index contributed by atoms with van der Waals surface area (Å²) in [6, 6.07) is 16.6. The zero-order chi connectivity index (χ0) is 32.2. The van der Waals surface area contributed by atoms with E-state index in [-0.39, 0.29) is 32.2 Å². The first-order valence-electron chi connectivity index (χ1n) is 13.3. The number of esters is 3. The molecule has 0 spiro atoms. The van der Waals surface area contributed by atoms with Crippen LogP contribution < -0.4 is 16.0 Å². The van der Waals surface area contributed by atoms with Crippen LogP contribution in [0.15, 0.2) is 65.7 Å². The van der Waals surface area contributed by atoms with E-state index in [1.165, 1.54) is 14.0 Å². The molecule has 0 saturated carbocycles. The summed E-state index contributed by atoms with van der Waals surface area (Å²) < 4.78 is 24.0. The van der Waals surface area contributed by atoms with Gasteiger partial charge in [0.1, 0.15) is 6.04 Å². The Labute approximate surface area is 253 Å². The van der Waals surface area contributed by atoms with E-state index in [9.17, 15) is 28.8 Å². The fourth-order valence-electron chi connectivity index (χ4n) is 3.44. The molecule has 236 valence electrons. The van der Waals surface area contributed by atoms with E-state index in [0.29, 0.717) is 11.1 Å². The van der Waals surface area contributed by atoms with E-state index < -0.39 is 61.6 Å². The lowest BCUT2D eigenvalue weighted by molar-refractivity contribution is -0.152. The van der Waals surface area contributed by atoms with E-state index in [0.717, 1.165) is 0 Å². The number of nitrogens with zero attached hydrogens (tertiary/aromatic N) is 1. The molecule has 15 heteroatoms. The molecule has 44 heavy (non-hydrogen) atoms. The van der Waals surface area contributed by atoms with Gasteiger partial charge in [0, 0.05) is 13.5 Å². The van der Waals surface area contributed by atoms with Gasteiger partial charge in [0.05, 0.1) is 20.0 Å². The Kier molecular flexibility index (Phi) is 15.5. The number of ether oxygens (including phenoxy) is 5. The second-order valence-electron chi connectivity index (χ2n) is 8.87. The number of hydrogen-bond acceptors (Lipinski definition) is 11. The molecule has 3 N–H and O–H groups in total. The zero-order valence-electron chi connectivity index (χ0n) is 24.2. The molecule has 0 radical (unpaired) electrons. The summed E-state index contributed by atoms with van der Waals surface area (Å²) >= 11 is 0. The molecular formula is C29H34N4O11. The summed E-state index contributed by atoms with van der Waals surface area (Å²) in [5.41, 5.74) is 1.41.